The maximum atomic E-state index is 5.82. The van der Waals surface area contributed by atoms with Crippen molar-refractivity contribution in [2.45, 2.75) is 32.6 Å². The fourth-order valence-corrected chi connectivity index (χ4v) is 2.20. The molecule has 1 aromatic carbocycles. The van der Waals surface area contributed by atoms with Gasteiger partial charge < -0.3 is 10.1 Å². The van der Waals surface area contributed by atoms with E-state index in [2.05, 4.69) is 43.4 Å². The molecule has 0 amide bonds. The molecule has 1 aromatic rings. The Morgan fingerprint density at radius 1 is 1.33 bits per heavy atom. The zero-order valence-corrected chi connectivity index (χ0v) is 12.1. The van der Waals surface area contributed by atoms with Crippen molar-refractivity contribution in [3.63, 3.8) is 0 Å². The van der Waals surface area contributed by atoms with E-state index < -0.39 is 0 Å². The molecule has 1 saturated heterocycles. The minimum absolute atomic E-state index is 0. The molecule has 3 heteroatoms. The monoisotopic (exact) mass is 269 g/mol. The fourth-order valence-electron chi connectivity index (χ4n) is 2.20. The van der Waals surface area contributed by atoms with E-state index >= 15 is 0 Å². The number of halogens is 1. The third-order valence-electron chi connectivity index (χ3n) is 3.71. The minimum atomic E-state index is 0. The summed E-state index contributed by atoms with van der Waals surface area (Å²) >= 11 is 0. The molecule has 1 fully saturated rings. The molecule has 2 unspecified atom stereocenters. The van der Waals surface area contributed by atoms with Gasteiger partial charge in [0.1, 0.15) is 5.75 Å². The summed E-state index contributed by atoms with van der Waals surface area (Å²) in [5.41, 5.74) is 1.40. The van der Waals surface area contributed by atoms with Gasteiger partial charge in [0.15, 0.2) is 0 Å². The highest BCUT2D eigenvalue weighted by Crippen LogP contribution is 2.22. The van der Waals surface area contributed by atoms with E-state index in [-0.39, 0.29) is 12.4 Å². The minimum Gasteiger partial charge on any atom is -0.493 e. The first-order valence-corrected chi connectivity index (χ1v) is 6.73. The van der Waals surface area contributed by atoms with Crippen molar-refractivity contribution >= 4 is 12.4 Å². The molecule has 0 saturated carbocycles. The van der Waals surface area contributed by atoms with Gasteiger partial charge in [0.2, 0.25) is 0 Å². The van der Waals surface area contributed by atoms with Crippen molar-refractivity contribution < 1.29 is 4.74 Å². The van der Waals surface area contributed by atoms with E-state index in [1.54, 1.807) is 0 Å². The number of hydrogen-bond acceptors (Lipinski definition) is 2. The SMILES string of the molecule is CCC(C)c1ccc(OCC2CCNC2)cc1.Cl. The van der Waals surface area contributed by atoms with Gasteiger partial charge in [-0.05, 0) is 43.0 Å². The first kappa shape index (κ1) is 15.3. The van der Waals surface area contributed by atoms with E-state index in [0.717, 1.165) is 25.4 Å². The molecular formula is C15H24ClNO. The molecule has 102 valence electrons. The van der Waals surface area contributed by atoms with Crippen LogP contribution in [0, 0.1) is 5.92 Å². The normalized spacial score (nSPS) is 20.2. The van der Waals surface area contributed by atoms with Gasteiger partial charge in [-0.15, -0.1) is 12.4 Å². The molecule has 2 atom stereocenters. The molecule has 0 spiro atoms. The highest BCUT2D eigenvalue weighted by Gasteiger charge is 2.14. The lowest BCUT2D eigenvalue weighted by Gasteiger charge is -2.13. The molecule has 1 aliphatic heterocycles. The lowest BCUT2D eigenvalue weighted by atomic mass is 9.99. The number of rotatable bonds is 5. The second kappa shape index (κ2) is 7.65. The summed E-state index contributed by atoms with van der Waals surface area (Å²) in [5.74, 6) is 2.33. The van der Waals surface area contributed by atoms with Gasteiger partial charge in [-0.25, -0.2) is 0 Å². The van der Waals surface area contributed by atoms with Crippen LogP contribution in [0.5, 0.6) is 5.75 Å². The zero-order chi connectivity index (χ0) is 12.1. The van der Waals surface area contributed by atoms with Crippen LogP contribution < -0.4 is 10.1 Å². The number of nitrogens with one attached hydrogen (secondary N) is 1. The summed E-state index contributed by atoms with van der Waals surface area (Å²) in [6.07, 6.45) is 2.43. The van der Waals surface area contributed by atoms with Gasteiger partial charge in [-0.2, -0.15) is 0 Å². The van der Waals surface area contributed by atoms with Crippen LogP contribution in [-0.2, 0) is 0 Å². The number of ether oxygens (including phenoxy) is 1. The molecule has 0 radical (unpaired) electrons. The van der Waals surface area contributed by atoms with Crippen LogP contribution in [0.2, 0.25) is 0 Å². The van der Waals surface area contributed by atoms with Crippen molar-refractivity contribution in [3.05, 3.63) is 29.8 Å². The molecule has 1 N–H and O–H groups in total. The predicted molar refractivity (Wildman–Crippen MR) is 78.9 cm³/mol. The van der Waals surface area contributed by atoms with Crippen molar-refractivity contribution in [3.8, 4) is 5.75 Å². The fraction of sp³-hybridized carbons (Fsp3) is 0.600. The Labute approximate surface area is 117 Å². The van der Waals surface area contributed by atoms with E-state index in [4.69, 9.17) is 4.74 Å². The Morgan fingerprint density at radius 2 is 2.06 bits per heavy atom. The maximum absolute atomic E-state index is 5.82. The van der Waals surface area contributed by atoms with Crippen molar-refractivity contribution in [2.75, 3.05) is 19.7 Å². The highest BCUT2D eigenvalue weighted by molar-refractivity contribution is 5.85. The Kier molecular flexibility index (Phi) is 6.51. The van der Waals surface area contributed by atoms with Gasteiger partial charge >= 0.3 is 0 Å². The number of hydrogen-bond donors (Lipinski definition) is 1. The van der Waals surface area contributed by atoms with Crippen LogP contribution in [0.15, 0.2) is 24.3 Å². The van der Waals surface area contributed by atoms with Crippen LogP contribution in [0.1, 0.15) is 38.2 Å². The maximum Gasteiger partial charge on any atom is 0.119 e. The molecule has 0 aliphatic carbocycles. The average Bonchev–Trinajstić information content (AvgIpc) is 2.89. The van der Waals surface area contributed by atoms with E-state index in [1.807, 2.05) is 0 Å². The standard InChI is InChI=1S/C15H23NO.ClH/c1-3-12(2)14-4-6-15(7-5-14)17-11-13-8-9-16-10-13;/h4-7,12-13,16H,3,8-11H2,1-2H3;1H. The quantitative estimate of drug-likeness (QED) is 0.882. The number of benzene rings is 1. The van der Waals surface area contributed by atoms with Crippen LogP contribution >= 0.6 is 12.4 Å². The molecule has 2 nitrogen and oxygen atoms in total. The van der Waals surface area contributed by atoms with Crippen LogP contribution in [-0.4, -0.2) is 19.7 Å². The van der Waals surface area contributed by atoms with Crippen molar-refractivity contribution in [2.24, 2.45) is 5.92 Å². The summed E-state index contributed by atoms with van der Waals surface area (Å²) < 4.78 is 5.82. The molecular weight excluding hydrogens is 246 g/mol. The molecule has 1 heterocycles. The van der Waals surface area contributed by atoms with Crippen LogP contribution in [0.4, 0.5) is 0 Å². The van der Waals surface area contributed by atoms with Crippen molar-refractivity contribution in [1.29, 1.82) is 0 Å². The van der Waals surface area contributed by atoms with Gasteiger partial charge in [0, 0.05) is 12.5 Å². The Bertz CT molecular complexity index is 333. The van der Waals surface area contributed by atoms with Gasteiger partial charge in [-0.3, -0.25) is 0 Å². The molecule has 18 heavy (non-hydrogen) atoms. The zero-order valence-electron chi connectivity index (χ0n) is 11.3. The van der Waals surface area contributed by atoms with Gasteiger partial charge in [-0.1, -0.05) is 26.0 Å². The summed E-state index contributed by atoms with van der Waals surface area (Å²) in [5, 5.41) is 3.36. The smallest absolute Gasteiger partial charge is 0.119 e. The average molecular weight is 270 g/mol. The Hall–Kier alpha value is -0.730. The first-order chi connectivity index (χ1) is 8.29. The lowest BCUT2D eigenvalue weighted by molar-refractivity contribution is 0.260. The third-order valence-corrected chi connectivity index (χ3v) is 3.71. The molecule has 2 rings (SSSR count). The summed E-state index contributed by atoms with van der Waals surface area (Å²) in [6, 6.07) is 8.58. The van der Waals surface area contributed by atoms with Crippen LogP contribution in [0.3, 0.4) is 0 Å². The van der Waals surface area contributed by atoms with E-state index in [1.165, 1.54) is 18.4 Å². The van der Waals surface area contributed by atoms with Crippen LogP contribution in [0.25, 0.3) is 0 Å². The second-order valence-corrected chi connectivity index (χ2v) is 5.05. The summed E-state index contributed by atoms with van der Waals surface area (Å²) in [6.45, 7) is 7.57. The predicted octanol–water partition coefficient (Wildman–Crippen LogP) is 3.61. The molecule has 0 bridgehead atoms. The highest BCUT2D eigenvalue weighted by atomic mass is 35.5. The topological polar surface area (TPSA) is 21.3 Å². The molecule has 1 aliphatic rings. The molecule has 0 aromatic heterocycles. The Balaban J connectivity index is 0.00000162. The van der Waals surface area contributed by atoms with Gasteiger partial charge in [0.05, 0.1) is 6.61 Å². The van der Waals surface area contributed by atoms with E-state index in [0.29, 0.717) is 11.8 Å². The summed E-state index contributed by atoms with van der Waals surface area (Å²) in [7, 11) is 0. The van der Waals surface area contributed by atoms with Gasteiger partial charge in [0.25, 0.3) is 0 Å². The van der Waals surface area contributed by atoms with E-state index in [9.17, 15) is 0 Å². The largest absolute Gasteiger partial charge is 0.493 e. The third kappa shape index (κ3) is 4.18. The Morgan fingerprint density at radius 3 is 2.61 bits per heavy atom. The second-order valence-electron chi connectivity index (χ2n) is 5.05. The lowest BCUT2D eigenvalue weighted by Crippen LogP contribution is -2.15. The van der Waals surface area contributed by atoms with Crippen molar-refractivity contribution in [1.82, 2.24) is 5.32 Å². The first-order valence-electron chi connectivity index (χ1n) is 6.73. The summed E-state index contributed by atoms with van der Waals surface area (Å²) in [4.78, 5) is 0.